The molecule has 0 bridgehead atoms. The van der Waals surface area contributed by atoms with Gasteiger partial charge in [-0.15, -0.1) is 0 Å². The third-order valence-electron chi connectivity index (χ3n) is 8.26. The Morgan fingerprint density at radius 2 is 1.98 bits per heavy atom. The minimum absolute atomic E-state index is 0.0169. The summed E-state index contributed by atoms with van der Waals surface area (Å²) in [6, 6.07) is 5.07. The number of nitrogens with zero attached hydrogens (tertiary/aromatic N) is 5. The van der Waals surface area contributed by atoms with Gasteiger partial charge in [0, 0.05) is 50.4 Å². The van der Waals surface area contributed by atoms with Crippen molar-refractivity contribution in [1.29, 1.82) is 0 Å². The number of piperazine rings is 1. The number of fused-ring (bicyclic) bond motifs is 2. The lowest BCUT2D eigenvalue weighted by Gasteiger charge is -2.39. The van der Waals surface area contributed by atoms with E-state index in [-0.39, 0.29) is 83.6 Å². The Labute approximate surface area is 246 Å². The van der Waals surface area contributed by atoms with Crippen molar-refractivity contribution in [3.05, 3.63) is 53.3 Å². The van der Waals surface area contributed by atoms with Crippen LogP contribution in [0.25, 0.3) is 11.3 Å². The fourth-order valence-corrected chi connectivity index (χ4v) is 6.21. The number of hydrogen-bond donors (Lipinski definition) is 0. The van der Waals surface area contributed by atoms with Gasteiger partial charge in [-0.3, -0.25) is 9.59 Å². The lowest BCUT2D eigenvalue weighted by atomic mass is 10.1. The molecule has 8 nitrogen and oxygen atoms in total. The Bertz CT molecular complexity index is 1390. The first kappa shape index (κ1) is 30.1. The van der Waals surface area contributed by atoms with E-state index < -0.39 is 24.5 Å². The Hall–Kier alpha value is -3.38. The van der Waals surface area contributed by atoms with Crippen molar-refractivity contribution in [3.8, 4) is 17.0 Å². The summed E-state index contributed by atoms with van der Waals surface area (Å²) in [7, 11) is 1.65. The van der Waals surface area contributed by atoms with Gasteiger partial charge in [0.2, 0.25) is 5.91 Å². The summed E-state index contributed by atoms with van der Waals surface area (Å²) in [4.78, 5) is 38.0. The Morgan fingerprint density at radius 3 is 2.67 bits per heavy atom. The number of ether oxygens (including phenoxy) is 1. The summed E-state index contributed by atoms with van der Waals surface area (Å²) < 4.78 is 59.9. The van der Waals surface area contributed by atoms with Crippen molar-refractivity contribution in [2.45, 2.75) is 44.1 Å². The Kier molecular flexibility index (Phi) is 8.39. The van der Waals surface area contributed by atoms with E-state index in [0.29, 0.717) is 19.5 Å². The summed E-state index contributed by atoms with van der Waals surface area (Å²) in [5.74, 6) is -0.890. The molecule has 3 atom stereocenters. The van der Waals surface area contributed by atoms with Gasteiger partial charge in [-0.1, -0.05) is 30.3 Å². The summed E-state index contributed by atoms with van der Waals surface area (Å²) in [5, 5.41) is -0.0169. The maximum Gasteiger partial charge on any atom is 0.390 e. The highest BCUT2D eigenvalue weighted by atomic mass is 35.5. The number of anilines is 1. The molecule has 42 heavy (non-hydrogen) atoms. The zero-order chi connectivity index (χ0) is 30.3. The molecule has 1 unspecified atom stereocenters. The first-order valence-electron chi connectivity index (χ1n) is 13.8. The second-order valence-electron chi connectivity index (χ2n) is 11.0. The standard InChI is InChI=1S/C29H32ClF4N5O3/c1-4-22(40)37-11-12-38-19(14-37)16-42-26-23(28(38)41)27(35-25(24(26)30)20-7-5-6-8-21(20)31)39-15-18(13-17(39)2)36(3)10-9-29(32,33)34/h4-8,17-19H,1,9-16H2,2-3H3/t17-,18?,19+/m0/s1. The highest BCUT2D eigenvalue weighted by Gasteiger charge is 2.43. The molecule has 226 valence electrons. The van der Waals surface area contributed by atoms with Gasteiger partial charge in [0.1, 0.15) is 28.8 Å². The average Bonchev–Trinajstić information content (AvgIpc) is 3.28. The third-order valence-corrected chi connectivity index (χ3v) is 8.62. The molecule has 3 aliphatic rings. The van der Waals surface area contributed by atoms with Gasteiger partial charge >= 0.3 is 6.18 Å². The van der Waals surface area contributed by atoms with Gasteiger partial charge in [-0.05, 0) is 38.6 Å². The van der Waals surface area contributed by atoms with Crippen molar-refractivity contribution in [1.82, 2.24) is 19.7 Å². The molecule has 0 spiro atoms. The molecule has 13 heteroatoms. The lowest BCUT2D eigenvalue weighted by Crippen LogP contribution is -2.57. The molecule has 0 N–H and O–H groups in total. The predicted octanol–water partition coefficient (Wildman–Crippen LogP) is 4.62. The first-order valence-corrected chi connectivity index (χ1v) is 14.1. The molecule has 1 aromatic heterocycles. The number of carbonyl (C=O) groups is 2. The zero-order valence-corrected chi connectivity index (χ0v) is 24.1. The molecule has 2 amide bonds. The normalized spacial score (nSPS) is 22.5. The van der Waals surface area contributed by atoms with Gasteiger partial charge in [-0.25, -0.2) is 9.37 Å². The van der Waals surface area contributed by atoms with E-state index >= 15 is 4.39 Å². The van der Waals surface area contributed by atoms with Crippen LogP contribution in [0, 0.1) is 5.82 Å². The van der Waals surface area contributed by atoms with E-state index in [1.807, 2.05) is 11.8 Å². The monoisotopic (exact) mass is 609 g/mol. The number of aromatic nitrogens is 1. The summed E-state index contributed by atoms with van der Waals surface area (Å²) in [6.07, 6.45) is -3.46. The molecule has 0 radical (unpaired) electrons. The zero-order valence-electron chi connectivity index (χ0n) is 23.3. The first-order chi connectivity index (χ1) is 19.9. The lowest BCUT2D eigenvalue weighted by molar-refractivity contribution is -0.138. The molecule has 5 rings (SSSR count). The van der Waals surface area contributed by atoms with Crippen molar-refractivity contribution in [2.24, 2.45) is 0 Å². The fourth-order valence-electron chi connectivity index (χ4n) is 5.92. The Morgan fingerprint density at radius 1 is 1.24 bits per heavy atom. The van der Waals surface area contributed by atoms with Gasteiger partial charge in [-0.2, -0.15) is 13.2 Å². The van der Waals surface area contributed by atoms with Crippen LogP contribution in [0.15, 0.2) is 36.9 Å². The van der Waals surface area contributed by atoms with E-state index in [2.05, 4.69) is 6.58 Å². The van der Waals surface area contributed by atoms with E-state index in [1.54, 1.807) is 27.8 Å². The van der Waals surface area contributed by atoms with Crippen LogP contribution in [-0.2, 0) is 4.79 Å². The van der Waals surface area contributed by atoms with Crippen molar-refractivity contribution >= 4 is 29.2 Å². The molecule has 1 aromatic carbocycles. The Balaban J connectivity index is 1.57. The number of amides is 2. The van der Waals surface area contributed by atoms with Crippen LogP contribution in [0.3, 0.4) is 0 Å². The van der Waals surface area contributed by atoms with Crippen molar-refractivity contribution in [3.63, 3.8) is 0 Å². The predicted molar refractivity (Wildman–Crippen MR) is 150 cm³/mol. The molecule has 2 aromatic rings. The number of rotatable bonds is 6. The highest BCUT2D eigenvalue weighted by Crippen LogP contribution is 2.45. The molecule has 4 heterocycles. The number of alkyl halides is 3. The second-order valence-corrected chi connectivity index (χ2v) is 11.3. The number of benzene rings is 1. The highest BCUT2D eigenvalue weighted by molar-refractivity contribution is 6.35. The van der Waals surface area contributed by atoms with Crippen LogP contribution in [0.4, 0.5) is 23.4 Å². The largest absolute Gasteiger partial charge is 0.489 e. The molecule has 0 saturated carbocycles. The smallest absolute Gasteiger partial charge is 0.390 e. The van der Waals surface area contributed by atoms with Crippen molar-refractivity contribution < 1.29 is 31.9 Å². The molecule has 3 aliphatic heterocycles. The number of hydrogen-bond acceptors (Lipinski definition) is 6. The third kappa shape index (κ3) is 5.78. The van der Waals surface area contributed by atoms with E-state index in [9.17, 15) is 22.8 Å². The van der Waals surface area contributed by atoms with Crippen LogP contribution >= 0.6 is 11.6 Å². The molecule has 2 fully saturated rings. The number of carbonyl (C=O) groups excluding carboxylic acids is 2. The van der Waals surface area contributed by atoms with Gasteiger partial charge in [0.25, 0.3) is 5.91 Å². The number of halogens is 5. The summed E-state index contributed by atoms with van der Waals surface area (Å²) in [6.45, 7) is 6.41. The van der Waals surface area contributed by atoms with Gasteiger partial charge in [0.15, 0.2) is 5.75 Å². The molecule has 2 saturated heterocycles. The van der Waals surface area contributed by atoms with Crippen LogP contribution in [0.5, 0.6) is 5.75 Å². The maximum absolute atomic E-state index is 15.0. The average molecular weight is 610 g/mol. The van der Waals surface area contributed by atoms with E-state index in [4.69, 9.17) is 21.3 Å². The minimum atomic E-state index is -4.28. The summed E-state index contributed by atoms with van der Waals surface area (Å²) in [5.41, 5.74) is 0.343. The van der Waals surface area contributed by atoms with Crippen LogP contribution in [-0.4, -0.2) is 102 Å². The van der Waals surface area contributed by atoms with E-state index in [0.717, 1.165) is 0 Å². The van der Waals surface area contributed by atoms with Crippen LogP contribution in [0.1, 0.15) is 30.1 Å². The topological polar surface area (TPSA) is 69.2 Å². The van der Waals surface area contributed by atoms with Crippen LogP contribution in [0.2, 0.25) is 5.02 Å². The van der Waals surface area contributed by atoms with Gasteiger partial charge in [0.05, 0.1) is 18.2 Å². The fraction of sp³-hybridized carbons (Fsp3) is 0.483. The van der Waals surface area contributed by atoms with Crippen LogP contribution < -0.4 is 9.64 Å². The van der Waals surface area contributed by atoms with E-state index in [1.165, 1.54) is 24.3 Å². The molecular formula is C29H32ClF4N5O3. The SMILES string of the molecule is C=CC(=O)N1CCN2C(=O)c3c(N4CC(N(C)CCC(F)(F)F)C[C@@H]4C)nc(-c4ccccc4F)c(Cl)c3OC[C@H]2C1. The second kappa shape index (κ2) is 11.7. The minimum Gasteiger partial charge on any atom is -0.489 e. The number of likely N-dealkylation sites (N-methyl/N-ethyl adjacent to an activating group) is 1. The van der Waals surface area contributed by atoms with Gasteiger partial charge < -0.3 is 24.3 Å². The molecule has 0 aliphatic carbocycles. The maximum atomic E-state index is 15.0. The quantitative estimate of drug-likeness (QED) is 0.352. The summed E-state index contributed by atoms with van der Waals surface area (Å²) >= 11 is 6.81. The van der Waals surface area contributed by atoms with Crippen molar-refractivity contribution in [2.75, 3.05) is 51.3 Å². The molecular weight excluding hydrogens is 578 g/mol. The number of pyridine rings is 1.